The van der Waals surface area contributed by atoms with Gasteiger partial charge in [0.15, 0.2) is 0 Å². The first-order chi connectivity index (χ1) is 15.5. The zero-order chi connectivity index (χ0) is 22.6. The molecule has 0 bridgehead atoms. The number of benzene rings is 1. The number of piperidine rings is 1. The van der Waals surface area contributed by atoms with Crippen LogP contribution in [0, 0.1) is 12.8 Å². The first-order valence-corrected chi connectivity index (χ1v) is 12.9. The van der Waals surface area contributed by atoms with E-state index in [1.165, 1.54) is 43.2 Å². The molecule has 5 nitrogen and oxygen atoms in total. The highest BCUT2D eigenvalue weighted by Crippen LogP contribution is 2.36. The molecule has 1 N–H and O–H groups in total. The molecule has 1 spiro atoms. The summed E-state index contributed by atoms with van der Waals surface area (Å²) in [6, 6.07) is 8.21. The monoisotopic (exact) mass is 439 g/mol. The summed E-state index contributed by atoms with van der Waals surface area (Å²) in [5.41, 5.74) is 2.01. The van der Waals surface area contributed by atoms with Crippen molar-refractivity contribution in [3.05, 3.63) is 35.4 Å². The Morgan fingerprint density at radius 2 is 1.78 bits per heavy atom. The van der Waals surface area contributed by atoms with Gasteiger partial charge in [-0.2, -0.15) is 0 Å². The van der Waals surface area contributed by atoms with E-state index in [1.807, 2.05) is 4.90 Å². The van der Waals surface area contributed by atoms with E-state index in [0.29, 0.717) is 12.5 Å². The van der Waals surface area contributed by atoms with Gasteiger partial charge in [-0.1, -0.05) is 69.7 Å². The third kappa shape index (κ3) is 4.88. The van der Waals surface area contributed by atoms with Crippen molar-refractivity contribution in [3.63, 3.8) is 0 Å². The number of nitrogens with zero attached hydrogens (tertiary/aromatic N) is 2. The van der Waals surface area contributed by atoms with Crippen LogP contribution in [0.15, 0.2) is 24.3 Å². The SMILES string of the molecule is CCCCN1C(=O)C(CC2CCCCC2)NC(=O)C12CCN(Cc1ccccc1C)CC2. The van der Waals surface area contributed by atoms with E-state index in [-0.39, 0.29) is 17.9 Å². The second-order valence-corrected chi connectivity index (χ2v) is 10.3. The van der Waals surface area contributed by atoms with E-state index in [0.717, 1.165) is 51.7 Å². The Hall–Kier alpha value is -1.88. The molecule has 1 aromatic carbocycles. The molecule has 1 atom stereocenters. The zero-order valence-corrected chi connectivity index (χ0v) is 20.1. The van der Waals surface area contributed by atoms with Gasteiger partial charge in [-0.25, -0.2) is 0 Å². The lowest BCUT2D eigenvalue weighted by Gasteiger charge is -2.52. The molecule has 32 heavy (non-hydrogen) atoms. The summed E-state index contributed by atoms with van der Waals surface area (Å²) in [6.45, 7) is 7.65. The molecule has 3 aliphatic rings. The first-order valence-electron chi connectivity index (χ1n) is 12.9. The Balaban J connectivity index is 1.45. The third-order valence-corrected chi connectivity index (χ3v) is 8.18. The number of hydrogen-bond donors (Lipinski definition) is 1. The fraction of sp³-hybridized carbons (Fsp3) is 0.704. The van der Waals surface area contributed by atoms with E-state index in [9.17, 15) is 9.59 Å². The number of carbonyl (C=O) groups excluding carboxylic acids is 2. The van der Waals surface area contributed by atoms with E-state index in [2.05, 4.69) is 48.3 Å². The summed E-state index contributed by atoms with van der Waals surface area (Å²) in [4.78, 5) is 31.6. The van der Waals surface area contributed by atoms with Crippen molar-refractivity contribution >= 4 is 11.8 Å². The van der Waals surface area contributed by atoms with Gasteiger partial charge < -0.3 is 10.2 Å². The quantitative estimate of drug-likeness (QED) is 0.684. The number of carbonyl (C=O) groups is 2. The molecule has 1 aliphatic carbocycles. The van der Waals surface area contributed by atoms with Crippen molar-refractivity contribution in [2.75, 3.05) is 19.6 Å². The van der Waals surface area contributed by atoms with Crippen molar-refractivity contribution in [3.8, 4) is 0 Å². The van der Waals surface area contributed by atoms with E-state index >= 15 is 0 Å². The van der Waals surface area contributed by atoms with Gasteiger partial charge in [-0.3, -0.25) is 14.5 Å². The van der Waals surface area contributed by atoms with Crippen LogP contribution in [0.25, 0.3) is 0 Å². The molecule has 1 saturated carbocycles. The minimum Gasteiger partial charge on any atom is -0.342 e. The summed E-state index contributed by atoms with van der Waals surface area (Å²) in [5.74, 6) is 0.858. The molecule has 1 unspecified atom stereocenters. The lowest BCUT2D eigenvalue weighted by Crippen LogP contribution is -2.73. The number of likely N-dealkylation sites (tertiary alicyclic amines) is 1. The first kappa shape index (κ1) is 23.3. The van der Waals surface area contributed by atoms with Crippen LogP contribution in [0.2, 0.25) is 0 Å². The highest BCUT2D eigenvalue weighted by Gasteiger charge is 2.53. The minimum absolute atomic E-state index is 0.101. The molecule has 3 fully saturated rings. The fourth-order valence-electron chi connectivity index (χ4n) is 6.04. The Morgan fingerprint density at radius 3 is 2.47 bits per heavy atom. The molecule has 2 aliphatic heterocycles. The van der Waals surface area contributed by atoms with Crippen LogP contribution in [-0.2, 0) is 16.1 Å². The molecule has 1 aromatic rings. The van der Waals surface area contributed by atoms with Crippen LogP contribution < -0.4 is 5.32 Å². The van der Waals surface area contributed by atoms with Gasteiger partial charge in [-0.05, 0) is 49.7 Å². The van der Waals surface area contributed by atoms with Crippen LogP contribution in [-0.4, -0.2) is 52.8 Å². The minimum atomic E-state index is -0.655. The van der Waals surface area contributed by atoms with Gasteiger partial charge in [-0.15, -0.1) is 0 Å². The summed E-state index contributed by atoms with van der Waals surface area (Å²) in [7, 11) is 0. The average molecular weight is 440 g/mol. The van der Waals surface area contributed by atoms with E-state index in [4.69, 9.17) is 0 Å². The largest absolute Gasteiger partial charge is 0.342 e. The fourth-order valence-corrected chi connectivity index (χ4v) is 6.04. The molecule has 2 saturated heterocycles. The van der Waals surface area contributed by atoms with Crippen molar-refractivity contribution in [2.45, 2.75) is 96.2 Å². The number of rotatable bonds is 7. The molecular formula is C27H41N3O2. The molecule has 5 heteroatoms. The van der Waals surface area contributed by atoms with Crippen LogP contribution >= 0.6 is 0 Å². The maximum atomic E-state index is 13.6. The topological polar surface area (TPSA) is 52.7 Å². The third-order valence-electron chi connectivity index (χ3n) is 8.18. The Morgan fingerprint density at radius 1 is 1.06 bits per heavy atom. The molecule has 4 rings (SSSR count). The number of piperazine rings is 1. The predicted octanol–water partition coefficient (Wildman–Crippen LogP) is 4.43. The zero-order valence-electron chi connectivity index (χ0n) is 20.1. The molecule has 2 heterocycles. The molecular weight excluding hydrogens is 398 g/mol. The van der Waals surface area contributed by atoms with E-state index in [1.54, 1.807) is 0 Å². The van der Waals surface area contributed by atoms with Crippen molar-refractivity contribution < 1.29 is 9.59 Å². The van der Waals surface area contributed by atoms with Gasteiger partial charge in [0.05, 0.1) is 0 Å². The van der Waals surface area contributed by atoms with E-state index < -0.39 is 5.54 Å². The molecule has 2 amide bonds. The highest BCUT2D eigenvalue weighted by atomic mass is 16.2. The van der Waals surface area contributed by atoms with Crippen molar-refractivity contribution in [1.29, 1.82) is 0 Å². The van der Waals surface area contributed by atoms with Crippen LogP contribution in [0.5, 0.6) is 0 Å². The number of nitrogens with one attached hydrogen (secondary N) is 1. The van der Waals surface area contributed by atoms with Crippen LogP contribution in [0.4, 0.5) is 0 Å². The molecule has 0 radical (unpaired) electrons. The van der Waals surface area contributed by atoms with Crippen molar-refractivity contribution in [1.82, 2.24) is 15.1 Å². The second-order valence-electron chi connectivity index (χ2n) is 10.3. The molecule has 0 aromatic heterocycles. The Kier molecular flexibility index (Phi) is 7.55. The maximum Gasteiger partial charge on any atom is 0.246 e. The summed E-state index contributed by atoms with van der Waals surface area (Å²) in [6.07, 6.45) is 10.5. The lowest BCUT2D eigenvalue weighted by atomic mass is 9.79. The second kappa shape index (κ2) is 10.4. The predicted molar refractivity (Wildman–Crippen MR) is 128 cm³/mol. The number of hydrogen-bond acceptors (Lipinski definition) is 3. The lowest BCUT2D eigenvalue weighted by molar-refractivity contribution is -0.162. The summed E-state index contributed by atoms with van der Waals surface area (Å²) >= 11 is 0. The Labute approximate surface area is 193 Å². The smallest absolute Gasteiger partial charge is 0.246 e. The number of unbranched alkanes of at least 4 members (excludes halogenated alkanes) is 1. The van der Waals surface area contributed by atoms with Crippen molar-refractivity contribution in [2.24, 2.45) is 5.92 Å². The summed E-state index contributed by atoms with van der Waals surface area (Å²) in [5, 5.41) is 3.21. The normalized spacial score (nSPS) is 24.7. The Bertz CT molecular complexity index is 794. The van der Waals surface area contributed by atoms with Gasteiger partial charge in [0, 0.05) is 26.2 Å². The average Bonchev–Trinajstić information content (AvgIpc) is 2.81. The molecule has 176 valence electrons. The number of aryl methyl sites for hydroxylation is 1. The van der Waals surface area contributed by atoms with Gasteiger partial charge in [0.2, 0.25) is 11.8 Å². The van der Waals surface area contributed by atoms with Gasteiger partial charge in [0.1, 0.15) is 11.6 Å². The van der Waals surface area contributed by atoms with Crippen LogP contribution in [0.3, 0.4) is 0 Å². The van der Waals surface area contributed by atoms with Crippen LogP contribution in [0.1, 0.15) is 82.3 Å². The maximum absolute atomic E-state index is 13.6. The van der Waals surface area contributed by atoms with Gasteiger partial charge in [0.25, 0.3) is 0 Å². The summed E-state index contributed by atoms with van der Waals surface area (Å²) < 4.78 is 0. The standard InChI is InChI=1S/C27H41N3O2/c1-3-4-16-30-25(31)24(19-22-11-6-5-7-12-22)28-26(32)27(30)14-17-29(18-15-27)20-23-13-9-8-10-21(23)2/h8-10,13,22,24H,3-7,11-12,14-20H2,1-2H3,(H,28,32). The number of amides is 2. The highest BCUT2D eigenvalue weighted by molar-refractivity contribution is 6.00. The van der Waals surface area contributed by atoms with Gasteiger partial charge >= 0.3 is 0 Å².